The average molecular weight is 227 g/mol. The number of amides is 1. The van der Waals surface area contributed by atoms with Crippen molar-refractivity contribution in [3.63, 3.8) is 0 Å². The standard InChI is InChI=1S/C11H9N5O/c12-5-8-2-1-3-9(4-8)6-13-11(17)10-7-14-16-15-10/h1-4,7H,6H2,(H,13,17)(H,14,15,16). The third-order valence-corrected chi connectivity index (χ3v) is 2.16. The summed E-state index contributed by atoms with van der Waals surface area (Å²) < 4.78 is 0. The predicted molar refractivity (Wildman–Crippen MR) is 58.7 cm³/mol. The molecule has 1 aromatic carbocycles. The van der Waals surface area contributed by atoms with Crippen LogP contribution in [-0.4, -0.2) is 21.3 Å². The molecule has 0 radical (unpaired) electrons. The van der Waals surface area contributed by atoms with E-state index in [1.54, 1.807) is 18.2 Å². The van der Waals surface area contributed by atoms with Crippen molar-refractivity contribution in [3.8, 4) is 6.07 Å². The number of hydrogen-bond acceptors (Lipinski definition) is 4. The largest absolute Gasteiger partial charge is 0.347 e. The van der Waals surface area contributed by atoms with E-state index >= 15 is 0 Å². The van der Waals surface area contributed by atoms with Crippen LogP contribution in [0.2, 0.25) is 0 Å². The summed E-state index contributed by atoms with van der Waals surface area (Å²) in [5.41, 5.74) is 1.67. The number of carbonyl (C=O) groups is 1. The topological polar surface area (TPSA) is 94.5 Å². The number of rotatable bonds is 3. The Morgan fingerprint density at radius 2 is 2.41 bits per heavy atom. The number of carbonyl (C=O) groups excluding carboxylic acids is 1. The molecule has 2 aromatic rings. The highest BCUT2D eigenvalue weighted by Crippen LogP contribution is 2.03. The molecule has 6 nitrogen and oxygen atoms in total. The van der Waals surface area contributed by atoms with Crippen LogP contribution in [0.25, 0.3) is 0 Å². The molecule has 0 unspecified atom stereocenters. The molecule has 1 amide bonds. The van der Waals surface area contributed by atoms with Gasteiger partial charge in [-0.05, 0) is 17.7 Å². The second-order valence-electron chi connectivity index (χ2n) is 3.35. The maximum absolute atomic E-state index is 11.5. The van der Waals surface area contributed by atoms with Crippen molar-refractivity contribution < 1.29 is 4.79 Å². The second-order valence-corrected chi connectivity index (χ2v) is 3.35. The third-order valence-electron chi connectivity index (χ3n) is 2.16. The van der Waals surface area contributed by atoms with E-state index in [9.17, 15) is 4.79 Å². The first-order valence-corrected chi connectivity index (χ1v) is 4.92. The lowest BCUT2D eigenvalue weighted by Gasteiger charge is -2.03. The summed E-state index contributed by atoms with van der Waals surface area (Å²) in [5, 5.41) is 21.0. The molecule has 0 bridgehead atoms. The number of nitrogens with zero attached hydrogens (tertiary/aromatic N) is 3. The van der Waals surface area contributed by atoms with Crippen LogP contribution in [0.1, 0.15) is 21.6 Å². The Hall–Kier alpha value is -2.68. The van der Waals surface area contributed by atoms with Gasteiger partial charge in [-0.15, -0.1) is 0 Å². The van der Waals surface area contributed by atoms with Crippen LogP contribution in [0.3, 0.4) is 0 Å². The fourth-order valence-electron chi connectivity index (χ4n) is 1.33. The summed E-state index contributed by atoms with van der Waals surface area (Å²) in [6, 6.07) is 9.09. The van der Waals surface area contributed by atoms with Crippen LogP contribution < -0.4 is 5.32 Å². The van der Waals surface area contributed by atoms with Gasteiger partial charge in [0.15, 0.2) is 5.69 Å². The summed E-state index contributed by atoms with van der Waals surface area (Å²) in [6.45, 7) is 0.348. The van der Waals surface area contributed by atoms with E-state index in [1.165, 1.54) is 6.20 Å². The molecule has 0 fully saturated rings. The van der Waals surface area contributed by atoms with Crippen molar-refractivity contribution in [2.24, 2.45) is 0 Å². The molecular formula is C11H9N5O. The van der Waals surface area contributed by atoms with Crippen molar-refractivity contribution >= 4 is 5.91 Å². The van der Waals surface area contributed by atoms with Gasteiger partial charge in [0.1, 0.15) is 0 Å². The highest BCUT2D eigenvalue weighted by atomic mass is 16.1. The van der Waals surface area contributed by atoms with Crippen LogP contribution in [0.5, 0.6) is 0 Å². The van der Waals surface area contributed by atoms with E-state index in [2.05, 4.69) is 20.7 Å². The van der Waals surface area contributed by atoms with Crippen molar-refractivity contribution in [1.82, 2.24) is 20.7 Å². The second kappa shape index (κ2) is 4.90. The highest BCUT2D eigenvalue weighted by Gasteiger charge is 2.07. The van der Waals surface area contributed by atoms with Gasteiger partial charge in [0, 0.05) is 6.54 Å². The van der Waals surface area contributed by atoms with Gasteiger partial charge in [0.25, 0.3) is 5.91 Å². The molecule has 2 N–H and O–H groups in total. The van der Waals surface area contributed by atoms with Gasteiger partial charge in [-0.3, -0.25) is 4.79 Å². The number of hydrogen-bond donors (Lipinski definition) is 2. The van der Waals surface area contributed by atoms with Crippen LogP contribution >= 0.6 is 0 Å². The van der Waals surface area contributed by atoms with Gasteiger partial charge in [-0.25, -0.2) is 0 Å². The Morgan fingerprint density at radius 3 is 3.12 bits per heavy atom. The summed E-state index contributed by atoms with van der Waals surface area (Å²) >= 11 is 0. The quantitative estimate of drug-likeness (QED) is 0.803. The highest BCUT2D eigenvalue weighted by molar-refractivity contribution is 5.91. The van der Waals surface area contributed by atoms with Gasteiger partial charge in [0.2, 0.25) is 0 Å². The Morgan fingerprint density at radius 1 is 1.53 bits per heavy atom. The van der Waals surface area contributed by atoms with Crippen molar-refractivity contribution in [1.29, 1.82) is 5.26 Å². The predicted octanol–water partition coefficient (Wildman–Crippen LogP) is 0.606. The normalized spacial score (nSPS) is 9.59. The van der Waals surface area contributed by atoms with Crippen LogP contribution in [-0.2, 0) is 6.54 Å². The third kappa shape index (κ3) is 2.66. The first-order chi connectivity index (χ1) is 8.29. The molecule has 0 saturated heterocycles. The molecule has 2 rings (SSSR count). The maximum atomic E-state index is 11.5. The minimum atomic E-state index is -0.305. The fourth-order valence-corrected chi connectivity index (χ4v) is 1.33. The van der Waals surface area contributed by atoms with Gasteiger partial charge < -0.3 is 5.32 Å². The minimum Gasteiger partial charge on any atom is -0.347 e. The zero-order valence-corrected chi connectivity index (χ0v) is 8.84. The maximum Gasteiger partial charge on any atom is 0.273 e. The summed E-state index contributed by atoms with van der Waals surface area (Å²) in [4.78, 5) is 11.5. The number of H-pyrrole nitrogens is 1. The number of aromatic nitrogens is 3. The molecular weight excluding hydrogens is 218 g/mol. The van der Waals surface area contributed by atoms with E-state index in [0.717, 1.165) is 5.56 Å². The number of aromatic amines is 1. The summed E-state index contributed by atoms with van der Waals surface area (Å²) in [7, 11) is 0. The lowest BCUT2D eigenvalue weighted by atomic mass is 10.1. The first kappa shape index (κ1) is 10.8. The molecule has 1 heterocycles. The number of benzene rings is 1. The minimum absolute atomic E-state index is 0.237. The zero-order valence-electron chi connectivity index (χ0n) is 8.84. The van der Waals surface area contributed by atoms with Crippen molar-refractivity contribution in [2.75, 3.05) is 0 Å². The van der Waals surface area contributed by atoms with Crippen molar-refractivity contribution in [2.45, 2.75) is 6.54 Å². The molecule has 0 aliphatic carbocycles. The van der Waals surface area contributed by atoms with E-state index in [-0.39, 0.29) is 11.6 Å². The summed E-state index contributed by atoms with van der Waals surface area (Å²) in [5.74, 6) is -0.305. The Bertz CT molecular complexity index is 555. The van der Waals surface area contributed by atoms with Gasteiger partial charge in [-0.1, -0.05) is 12.1 Å². The molecule has 0 aliphatic heterocycles. The molecule has 0 atom stereocenters. The molecule has 0 saturated carbocycles. The Kier molecular flexibility index (Phi) is 3.12. The Balaban J connectivity index is 1.98. The molecule has 0 aliphatic rings. The molecule has 0 spiro atoms. The van der Waals surface area contributed by atoms with Gasteiger partial charge >= 0.3 is 0 Å². The number of nitrogens with one attached hydrogen (secondary N) is 2. The van der Waals surface area contributed by atoms with Crippen LogP contribution in [0, 0.1) is 11.3 Å². The van der Waals surface area contributed by atoms with Crippen LogP contribution in [0.4, 0.5) is 0 Å². The van der Waals surface area contributed by atoms with Gasteiger partial charge in [-0.2, -0.15) is 20.7 Å². The lowest BCUT2D eigenvalue weighted by Crippen LogP contribution is -2.23. The fraction of sp³-hybridized carbons (Fsp3) is 0.0909. The molecule has 17 heavy (non-hydrogen) atoms. The zero-order chi connectivity index (χ0) is 12.1. The molecule has 1 aromatic heterocycles. The van der Waals surface area contributed by atoms with Gasteiger partial charge in [0.05, 0.1) is 17.8 Å². The monoisotopic (exact) mass is 227 g/mol. The van der Waals surface area contributed by atoms with E-state index < -0.39 is 0 Å². The van der Waals surface area contributed by atoms with E-state index in [1.807, 2.05) is 12.1 Å². The Labute approximate surface area is 97.3 Å². The number of nitriles is 1. The SMILES string of the molecule is N#Cc1cccc(CNC(=O)c2cn[nH]n2)c1. The summed E-state index contributed by atoms with van der Waals surface area (Å²) in [6.07, 6.45) is 1.35. The van der Waals surface area contributed by atoms with E-state index in [0.29, 0.717) is 12.1 Å². The molecule has 6 heteroatoms. The first-order valence-electron chi connectivity index (χ1n) is 4.92. The average Bonchev–Trinajstić information content (AvgIpc) is 2.90. The smallest absolute Gasteiger partial charge is 0.273 e. The lowest BCUT2D eigenvalue weighted by molar-refractivity contribution is 0.0946. The van der Waals surface area contributed by atoms with Crippen molar-refractivity contribution in [3.05, 3.63) is 47.3 Å². The van der Waals surface area contributed by atoms with E-state index in [4.69, 9.17) is 5.26 Å². The molecule has 84 valence electrons. The van der Waals surface area contributed by atoms with Crippen LogP contribution in [0.15, 0.2) is 30.5 Å².